The molecule has 4 aliphatic rings. The Labute approximate surface area is 274 Å². The molecule has 2 aromatic carbocycles. The summed E-state index contributed by atoms with van der Waals surface area (Å²) in [6, 6.07) is 7.31. The van der Waals surface area contributed by atoms with Gasteiger partial charge >= 0.3 is 12.1 Å². The van der Waals surface area contributed by atoms with Crippen molar-refractivity contribution >= 4 is 12.1 Å². The van der Waals surface area contributed by atoms with Crippen molar-refractivity contribution in [2.45, 2.75) is 95.3 Å². The minimum atomic E-state index is -0.778. The Bertz CT molecular complexity index is 1570. The van der Waals surface area contributed by atoms with E-state index in [4.69, 9.17) is 33.2 Å². The molecule has 6 rings (SSSR count). The van der Waals surface area contributed by atoms with E-state index in [9.17, 15) is 14.8 Å². The van der Waals surface area contributed by atoms with Gasteiger partial charge in [0.05, 0.1) is 20.1 Å². The second-order valence-corrected chi connectivity index (χ2v) is 14.0. The molecular formula is C35H44N2O10. The number of esters is 1. The SMILES string of the molecule is C=C(C)[C@H]1Cc2c(ccc3c2O[C@@H]2COc4cc(OC)c(OC)cc4[C@@H]2[C@@H]3OC(=O)CNC(=O)OC2CC(C)(C)N(O)C(C)(C)C2)O1. The zero-order valence-electron chi connectivity index (χ0n) is 28.0. The molecule has 1 amide bonds. The lowest BCUT2D eigenvalue weighted by Gasteiger charge is -2.50. The Hall–Kier alpha value is -4.16. The van der Waals surface area contributed by atoms with Crippen LogP contribution in [0.25, 0.3) is 0 Å². The van der Waals surface area contributed by atoms with Crippen molar-refractivity contribution in [3.8, 4) is 28.7 Å². The van der Waals surface area contributed by atoms with Gasteiger partial charge in [0, 0.05) is 53.1 Å². The van der Waals surface area contributed by atoms with E-state index in [0.29, 0.717) is 53.6 Å². The average Bonchev–Trinajstić information content (AvgIpc) is 3.47. The number of nitrogens with one attached hydrogen (secondary N) is 1. The first-order chi connectivity index (χ1) is 22.2. The first-order valence-corrected chi connectivity index (χ1v) is 15.9. The van der Waals surface area contributed by atoms with Crippen molar-refractivity contribution in [1.29, 1.82) is 0 Å². The van der Waals surface area contributed by atoms with Crippen molar-refractivity contribution in [3.63, 3.8) is 0 Å². The summed E-state index contributed by atoms with van der Waals surface area (Å²) < 4.78 is 41.9. The summed E-state index contributed by atoms with van der Waals surface area (Å²) in [7, 11) is 3.10. The molecule has 0 bridgehead atoms. The summed E-state index contributed by atoms with van der Waals surface area (Å²) in [6.07, 6.45) is -1.20. The van der Waals surface area contributed by atoms with Crippen LogP contribution in [-0.2, 0) is 20.7 Å². The molecule has 12 heteroatoms. The topological polar surface area (TPSA) is 134 Å². The summed E-state index contributed by atoms with van der Waals surface area (Å²) >= 11 is 0. The van der Waals surface area contributed by atoms with E-state index in [1.807, 2.05) is 52.8 Å². The first-order valence-electron chi connectivity index (χ1n) is 15.9. The molecular weight excluding hydrogens is 608 g/mol. The van der Waals surface area contributed by atoms with Crippen LogP contribution in [-0.4, -0.2) is 79.1 Å². The van der Waals surface area contributed by atoms with Crippen LogP contribution in [0.3, 0.4) is 0 Å². The number of rotatable bonds is 7. The van der Waals surface area contributed by atoms with E-state index in [1.54, 1.807) is 20.3 Å². The monoisotopic (exact) mass is 652 g/mol. The molecule has 2 aromatic rings. The Morgan fingerprint density at radius 3 is 2.34 bits per heavy atom. The van der Waals surface area contributed by atoms with Crippen molar-refractivity contribution in [2.24, 2.45) is 0 Å². The number of methoxy groups -OCH3 is 2. The predicted octanol–water partition coefficient (Wildman–Crippen LogP) is 5.24. The van der Waals surface area contributed by atoms with Gasteiger partial charge in [-0.1, -0.05) is 6.58 Å². The highest BCUT2D eigenvalue weighted by Crippen LogP contribution is 2.55. The van der Waals surface area contributed by atoms with Crippen LogP contribution in [0.4, 0.5) is 4.79 Å². The predicted molar refractivity (Wildman–Crippen MR) is 170 cm³/mol. The summed E-state index contributed by atoms with van der Waals surface area (Å²) in [5.41, 5.74) is 2.02. The van der Waals surface area contributed by atoms with E-state index in [0.717, 1.165) is 16.7 Å². The lowest BCUT2D eigenvalue weighted by molar-refractivity contribution is -0.256. The maximum absolute atomic E-state index is 13.5. The number of hydroxylamine groups is 2. The molecule has 4 aliphatic heterocycles. The second kappa shape index (κ2) is 12.1. The van der Waals surface area contributed by atoms with Gasteiger partial charge in [-0.25, -0.2) is 4.79 Å². The fraction of sp³-hybridized carbons (Fsp3) is 0.543. The van der Waals surface area contributed by atoms with E-state index < -0.39 is 53.9 Å². The highest BCUT2D eigenvalue weighted by molar-refractivity contribution is 5.78. The number of benzene rings is 2. The molecule has 0 saturated carbocycles. The minimum Gasteiger partial charge on any atom is -0.493 e. The molecule has 0 radical (unpaired) electrons. The number of hydrogen-bond acceptors (Lipinski definition) is 11. The molecule has 47 heavy (non-hydrogen) atoms. The number of amides is 1. The Morgan fingerprint density at radius 2 is 1.68 bits per heavy atom. The Balaban J connectivity index is 1.25. The summed E-state index contributed by atoms with van der Waals surface area (Å²) in [5.74, 6) is 1.79. The standard InChI is InChI=1S/C35H44N2O10/c1-18(2)24-12-22-23(45-24)10-9-20-31(22)46-28-17-43-25-13-27(42-8)26(41-7)11-21(25)30(28)32(20)47-29(38)16-36-33(39)44-19-14-34(3,4)37(40)35(5,6)15-19/h9-11,13,19,24,28,30,32,40H,1,12,14-17H2,2-8H3,(H,36,39)/t24-,28-,30+,32-/m1/s1. The van der Waals surface area contributed by atoms with Crippen molar-refractivity contribution in [3.05, 3.63) is 53.1 Å². The maximum atomic E-state index is 13.5. The number of alkyl carbamates (subject to hydrolysis) is 1. The number of carbonyl (C=O) groups excluding carboxylic acids is 2. The van der Waals surface area contributed by atoms with Crippen LogP contribution in [0, 0.1) is 0 Å². The van der Waals surface area contributed by atoms with Crippen LogP contribution in [0.2, 0.25) is 0 Å². The van der Waals surface area contributed by atoms with Crippen LogP contribution >= 0.6 is 0 Å². The van der Waals surface area contributed by atoms with Gasteiger partial charge in [-0.05, 0) is 58.4 Å². The summed E-state index contributed by atoms with van der Waals surface area (Å²) in [5, 5.41) is 14.5. The van der Waals surface area contributed by atoms with Crippen LogP contribution in [0.1, 0.15) is 76.2 Å². The van der Waals surface area contributed by atoms with Gasteiger partial charge in [0.2, 0.25) is 0 Å². The molecule has 0 spiro atoms. The van der Waals surface area contributed by atoms with Gasteiger partial charge in [-0.3, -0.25) is 4.79 Å². The Kier molecular flexibility index (Phi) is 8.46. The fourth-order valence-corrected chi connectivity index (χ4v) is 7.42. The minimum absolute atomic E-state index is 0.185. The highest BCUT2D eigenvalue weighted by Gasteiger charge is 2.49. The molecule has 0 aromatic heterocycles. The maximum Gasteiger partial charge on any atom is 0.407 e. The second-order valence-electron chi connectivity index (χ2n) is 14.0. The van der Waals surface area contributed by atoms with Gasteiger partial charge in [0.1, 0.15) is 54.8 Å². The van der Waals surface area contributed by atoms with Crippen molar-refractivity contribution in [2.75, 3.05) is 27.4 Å². The number of hydrogen-bond donors (Lipinski definition) is 2. The van der Waals surface area contributed by atoms with Crippen molar-refractivity contribution < 1.29 is 48.0 Å². The normalized spacial score (nSPS) is 25.3. The van der Waals surface area contributed by atoms with E-state index >= 15 is 0 Å². The number of fused-ring (bicyclic) bond motifs is 6. The lowest BCUT2D eigenvalue weighted by Crippen LogP contribution is -2.61. The van der Waals surface area contributed by atoms with Gasteiger partial charge in [0.15, 0.2) is 11.5 Å². The molecule has 2 N–H and O–H groups in total. The number of nitrogens with zero attached hydrogens (tertiary/aromatic N) is 1. The molecule has 4 heterocycles. The molecule has 1 fully saturated rings. The zero-order chi connectivity index (χ0) is 33.8. The largest absolute Gasteiger partial charge is 0.493 e. The van der Waals surface area contributed by atoms with Crippen LogP contribution < -0.4 is 29.0 Å². The zero-order valence-corrected chi connectivity index (χ0v) is 28.0. The molecule has 254 valence electrons. The van der Waals surface area contributed by atoms with E-state index in [-0.39, 0.29) is 12.7 Å². The van der Waals surface area contributed by atoms with Gasteiger partial charge in [0.25, 0.3) is 0 Å². The molecule has 4 atom stereocenters. The number of ether oxygens (including phenoxy) is 7. The number of piperidine rings is 1. The summed E-state index contributed by atoms with van der Waals surface area (Å²) in [6.45, 7) is 13.3. The molecule has 0 aliphatic carbocycles. The average molecular weight is 653 g/mol. The van der Waals surface area contributed by atoms with E-state index in [1.165, 1.54) is 5.06 Å². The highest BCUT2D eigenvalue weighted by atomic mass is 16.6. The molecule has 1 saturated heterocycles. The smallest absolute Gasteiger partial charge is 0.407 e. The van der Waals surface area contributed by atoms with Gasteiger partial charge in [-0.2, -0.15) is 5.06 Å². The third-order valence-electron chi connectivity index (χ3n) is 9.55. The number of carbonyl (C=O) groups is 2. The molecule has 0 unspecified atom stereocenters. The quantitative estimate of drug-likeness (QED) is 0.300. The third-order valence-corrected chi connectivity index (χ3v) is 9.55. The van der Waals surface area contributed by atoms with Gasteiger partial charge < -0.3 is 43.7 Å². The third kappa shape index (κ3) is 6.04. The molecule has 12 nitrogen and oxygen atoms in total. The van der Waals surface area contributed by atoms with Crippen LogP contribution in [0.5, 0.6) is 28.7 Å². The fourth-order valence-electron chi connectivity index (χ4n) is 7.42. The van der Waals surface area contributed by atoms with Crippen LogP contribution in [0.15, 0.2) is 36.4 Å². The van der Waals surface area contributed by atoms with E-state index in [2.05, 4.69) is 11.9 Å². The Morgan fingerprint density at radius 1 is 1.00 bits per heavy atom. The lowest BCUT2D eigenvalue weighted by atomic mass is 9.79. The summed E-state index contributed by atoms with van der Waals surface area (Å²) in [4.78, 5) is 26.3. The van der Waals surface area contributed by atoms with Gasteiger partial charge in [-0.15, -0.1) is 0 Å². The first kappa shape index (κ1) is 32.8. The van der Waals surface area contributed by atoms with Crippen molar-refractivity contribution in [1.82, 2.24) is 10.4 Å².